The lowest BCUT2D eigenvalue weighted by Crippen LogP contribution is -2.16. The van der Waals surface area contributed by atoms with Crippen molar-refractivity contribution in [2.75, 3.05) is 18.2 Å². The van der Waals surface area contributed by atoms with E-state index in [2.05, 4.69) is 9.71 Å². The van der Waals surface area contributed by atoms with Crippen LogP contribution in [0.15, 0.2) is 54.6 Å². The Bertz CT molecular complexity index is 927. The van der Waals surface area contributed by atoms with Crippen LogP contribution in [0.2, 0.25) is 0 Å². The number of halogens is 3. The van der Waals surface area contributed by atoms with Gasteiger partial charge >= 0.3 is 6.18 Å². The van der Waals surface area contributed by atoms with Crippen molar-refractivity contribution in [3.05, 3.63) is 76.3 Å². The zero-order valence-electron chi connectivity index (χ0n) is 16.7. The lowest BCUT2D eigenvalue weighted by Gasteiger charge is -2.22. The molecule has 0 radical (unpaired) electrons. The second kappa shape index (κ2) is 11.1. The van der Waals surface area contributed by atoms with Crippen molar-refractivity contribution in [1.29, 1.82) is 0 Å². The molecule has 3 aromatic rings. The summed E-state index contributed by atoms with van der Waals surface area (Å²) in [6.07, 6.45) is -1.71. The first kappa shape index (κ1) is 23.9. The van der Waals surface area contributed by atoms with Crippen molar-refractivity contribution in [3.8, 4) is 0 Å². The minimum Gasteiger partial charge on any atom is -0.313 e. The van der Waals surface area contributed by atoms with E-state index in [1.807, 2.05) is 43.6 Å². The molecule has 0 unspecified atom stereocenters. The second-order valence-electron chi connectivity index (χ2n) is 6.08. The first-order valence-corrected chi connectivity index (χ1v) is 10.9. The number of anilines is 2. The molecule has 0 aliphatic heterocycles. The molecule has 1 N–H and O–H groups in total. The average molecular weight is 454 g/mol. The monoisotopic (exact) mass is 453 g/mol. The number of alkyl halides is 3. The van der Waals surface area contributed by atoms with E-state index in [1.165, 1.54) is 23.5 Å². The zero-order valence-corrected chi connectivity index (χ0v) is 18.4. The first-order chi connectivity index (χ1) is 14.3. The van der Waals surface area contributed by atoms with Crippen molar-refractivity contribution in [1.82, 2.24) is 9.71 Å². The first-order valence-electron chi connectivity index (χ1n) is 8.91. The molecule has 0 aliphatic carbocycles. The highest BCUT2D eigenvalue weighted by Gasteiger charge is 2.30. The number of rotatable bonds is 6. The third kappa shape index (κ3) is 6.58. The smallest absolute Gasteiger partial charge is 0.313 e. The molecule has 4 nitrogen and oxygen atoms in total. The molecule has 0 fully saturated rings. The summed E-state index contributed by atoms with van der Waals surface area (Å²) >= 11 is 2.94. The molecule has 0 saturated carbocycles. The Hall–Kier alpha value is -2.36. The fourth-order valence-electron chi connectivity index (χ4n) is 2.48. The number of nitrogens with one attached hydrogen (secondary N) is 1. The van der Waals surface area contributed by atoms with E-state index in [4.69, 9.17) is 0 Å². The Labute approximate surface area is 182 Å². The summed E-state index contributed by atoms with van der Waals surface area (Å²) < 4.78 is 41.3. The van der Waals surface area contributed by atoms with Gasteiger partial charge in [0.1, 0.15) is 5.69 Å². The van der Waals surface area contributed by atoms with Gasteiger partial charge in [0, 0.05) is 10.6 Å². The lowest BCUT2D eigenvalue weighted by atomic mass is 10.1. The number of benzene rings is 2. The maximum atomic E-state index is 12.8. The molecule has 0 amide bonds. The van der Waals surface area contributed by atoms with Crippen molar-refractivity contribution in [2.24, 2.45) is 0 Å². The largest absolute Gasteiger partial charge is 0.416 e. The summed E-state index contributed by atoms with van der Waals surface area (Å²) in [5, 5.41) is 0.563. The predicted molar refractivity (Wildman–Crippen MR) is 119 cm³/mol. The predicted octanol–water partition coefficient (Wildman–Crippen LogP) is 6.10. The number of nitrogens with zero attached hydrogens (tertiary/aromatic N) is 2. The number of carbonyl (C=O) groups excluding carboxylic acids is 1. The number of carbonyl (C=O) groups is 1. The summed E-state index contributed by atoms with van der Waals surface area (Å²) in [5.74, 6) is 0. The molecule has 0 aliphatic rings. The number of hydrogen-bond donors (Lipinski definition) is 1. The molecule has 0 spiro atoms. The van der Waals surface area contributed by atoms with E-state index in [0.29, 0.717) is 29.3 Å². The van der Waals surface area contributed by atoms with Gasteiger partial charge in [-0.3, -0.25) is 9.52 Å². The van der Waals surface area contributed by atoms with E-state index in [0.717, 1.165) is 22.6 Å². The summed E-state index contributed by atoms with van der Waals surface area (Å²) in [4.78, 5) is 18.0. The van der Waals surface area contributed by atoms with Gasteiger partial charge in [0.05, 0.1) is 12.1 Å². The van der Waals surface area contributed by atoms with Crippen LogP contribution in [0.3, 0.4) is 0 Å². The number of hydrogen-bond acceptors (Lipinski definition) is 6. The maximum Gasteiger partial charge on any atom is 0.416 e. The lowest BCUT2D eigenvalue weighted by molar-refractivity contribution is -0.137. The van der Waals surface area contributed by atoms with E-state index < -0.39 is 11.7 Å². The Morgan fingerprint density at radius 3 is 2.20 bits per heavy atom. The van der Waals surface area contributed by atoms with Crippen LogP contribution in [0.4, 0.5) is 24.0 Å². The minimum atomic E-state index is -4.38. The standard InChI is InChI=1S/C19H15F3N2OS.C2H7NS/c1-13-17(12-25)23-18(26-13)24(11-14-5-3-2-4-6-14)16-9-7-15(8-10-16)19(20,21)22;1-3-4-2/h2-10,12H,11H2,1H3;3H,1-2H3. The minimum absolute atomic E-state index is 0.343. The van der Waals surface area contributed by atoms with E-state index in [1.54, 1.807) is 23.8 Å². The molecule has 1 heterocycles. The van der Waals surface area contributed by atoms with Gasteiger partial charge in [-0.1, -0.05) is 42.3 Å². The topological polar surface area (TPSA) is 45.2 Å². The van der Waals surface area contributed by atoms with E-state index in [9.17, 15) is 18.0 Å². The average Bonchev–Trinajstić information content (AvgIpc) is 3.13. The summed E-state index contributed by atoms with van der Waals surface area (Å²) in [5.41, 5.74) is 1.20. The van der Waals surface area contributed by atoms with Crippen LogP contribution >= 0.6 is 23.3 Å². The molecule has 0 saturated heterocycles. The summed E-state index contributed by atoms with van der Waals surface area (Å²) in [7, 11) is 1.89. The van der Waals surface area contributed by atoms with Gasteiger partial charge in [-0.05, 0) is 50.1 Å². The molecule has 3 rings (SSSR count). The van der Waals surface area contributed by atoms with Gasteiger partial charge in [0.2, 0.25) is 0 Å². The Morgan fingerprint density at radius 2 is 1.73 bits per heavy atom. The molecule has 9 heteroatoms. The van der Waals surface area contributed by atoms with Crippen LogP contribution in [0.5, 0.6) is 0 Å². The van der Waals surface area contributed by atoms with Crippen LogP contribution in [-0.4, -0.2) is 24.6 Å². The van der Waals surface area contributed by atoms with Gasteiger partial charge in [0.15, 0.2) is 11.4 Å². The zero-order chi connectivity index (χ0) is 22.1. The van der Waals surface area contributed by atoms with Gasteiger partial charge in [0.25, 0.3) is 0 Å². The van der Waals surface area contributed by atoms with Crippen LogP contribution in [0.25, 0.3) is 0 Å². The fraction of sp³-hybridized carbons (Fsp3) is 0.238. The van der Waals surface area contributed by atoms with Gasteiger partial charge in [-0.2, -0.15) is 13.2 Å². The number of thiazole rings is 1. The van der Waals surface area contributed by atoms with Crippen molar-refractivity contribution in [3.63, 3.8) is 0 Å². The van der Waals surface area contributed by atoms with E-state index in [-0.39, 0.29) is 0 Å². The summed E-state index contributed by atoms with van der Waals surface area (Å²) in [6, 6.07) is 14.5. The molecule has 0 bridgehead atoms. The number of aryl methyl sites for hydroxylation is 1. The number of aromatic nitrogens is 1. The Kier molecular flexibility index (Phi) is 8.88. The Balaban J connectivity index is 0.000000735. The van der Waals surface area contributed by atoms with Gasteiger partial charge in [-0.25, -0.2) is 4.98 Å². The van der Waals surface area contributed by atoms with Crippen molar-refractivity contribution >= 4 is 40.4 Å². The molecule has 2 aromatic carbocycles. The molecule has 1 aromatic heterocycles. The van der Waals surface area contributed by atoms with Gasteiger partial charge < -0.3 is 4.90 Å². The highest BCUT2D eigenvalue weighted by atomic mass is 32.2. The fourth-order valence-corrected chi connectivity index (χ4v) is 3.38. The Morgan fingerprint density at radius 1 is 1.13 bits per heavy atom. The molecule has 30 heavy (non-hydrogen) atoms. The van der Waals surface area contributed by atoms with Crippen LogP contribution < -0.4 is 9.62 Å². The van der Waals surface area contributed by atoms with Crippen LogP contribution in [0, 0.1) is 6.92 Å². The summed E-state index contributed by atoms with van der Waals surface area (Å²) in [6.45, 7) is 2.22. The van der Waals surface area contributed by atoms with Crippen molar-refractivity contribution < 1.29 is 18.0 Å². The van der Waals surface area contributed by atoms with Crippen LogP contribution in [-0.2, 0) is 12.7 Å². The normalized spacial score (nSPS) is 10.9. The van der Waals surface area contributed by atoms with E-state index >= 15 is 0 Å². The SMILES string of the molecule is CNSC.Cc1sc(N(Cc2ccccc2)c2ccc(C(F)(F)F)cc2)nc1C=O. The third-order valence-corrected chi connectivity index (χ3v) is 5.48. The quantitative estimate of drug-likeness (QED) is 0.361. The highest BCUT2D eigenvalue weighted by molar-refractivity contribution is 7.96. The molecule has 160 valence electrons. The molecular weight excluding hydrogens is 431 g/mol. The molecule has 0 atom stereocenters. The number of aldehydes is 1. The maximum absolute atomic E-state index is 12.8. The van der Waals surface area contributed by atoms with Crippen molar-refractivity contribution in [2.45, 2.75) is 19.6 Å². The van der Waals surface area contributed by atoms with Gasteiger partial charge in [-0.15, -0.1) is 11.3 Å². The highest BCUT2D eigenvalue weighted by Crippen LogP contribution is 2.35. The second-order valence-corrected chi connectivity index (χ2v) is 8.08. The molecular formula is C21H22F3N3OS2. The van der Waals surface area contributed by atoms with Crippen LogP contribution in [0.1, 0.15) is 26.5 Å². The third-order valence-electron chi connectivity index (χ3n) is 4.06.